The zero-order valence-corrected chi connectivity index (χ0v) is 39.3. The van der Waals surface area contributed by atoms with E-state index in [-0.39, 0.29) is 23.7 Å². The molecule has 0 spiro atoms. The average Bonchev–Trinajstić information content (AvgIpc) is 3.19. The Bertz CT molecular complexity index is 1080. The first-order chi connectivity index (χ1) is 27.2. The predicted octanol–water partition coefficient (Wildman–Crippen LogP) is 15.4. The van der Waals surface area contributed by atoms with E-state index in [0.29, 0.717) is 6.42 Å². The SMILES string of the molecule is C=CCO.C=C[CH2-].CCCCCCCCCCCCC1=C(CCCCCCCCCCCC)C(CCCCCCCCCCCC)=C(S(=O)(=O)O)CC1=O.[O]=[Ti+]. The van der Waals surface area contributed by atoms with Crippen molar-refractivity contribution in [2.75, 3.05) is 6.61 Å². The van der Waals surface area contributed by atoms with Crippen LogP contribution in [0.3, 0.4) is 0 Å². The van der Waals surface area contributed by atoms with Gasteiger partial charge in [0.25, 0.3) is 10.1 Å². The molecule has 1 aliphatic carbocycles. The third-order valence-electron chi connectivity index (χ3n) is 10.5. The van der Waals surface area contributed by atoms with E-state index in [4.69, 9.17) is 8.43 Å². The summed E-state index contributed by atoms with van der Waals surface area (Å²) in [5.74, 6) is -0.0672. The van der Waals surface area contributed by atoms with Crippen molar-refractivity contribution in [2.45, 2.75) is 239 Å². The summed E-state index contributed by atoms with van der Waals surface area (Å²) >= 11 is 0.750. The average molecular weight is 842 g/mol. The van der Waals surface area contributed by atoms with Crippen molar-refractivity contribution >= 4 is 15.9 Å². The predicted molar refractivity (Wildman–Crippen MR) is 238 cm³/mol. The Hall–Kier alpha value is -1.12. The minimum atomic E-state index is -4.40. The molecule has 0 radical (unpaired) electrons. The third kappa shape index (κ3) is 37.2. The van der Waals surface area contributed by atoms with Crippen LogP contribution in [0.25, 0.3) is 0 Å². The van der Waals surface area contributed by atoms with Crippen molar-refractivity contribution in [3.63, 3.8) is 0 Å². The van der Waals surface area contributed by atoms with E-state index in [1.54, 1.807) is 0 Å². The molecule has 0 aliphatic heterocycles. The maximum absolute atomic E-state index is 13.5. The maximum atomic E-state index is 13.5. The van der Waals surface area contributed by atoms with E-state index in [9.17, 15) is 17.8 Å². The first kappa shape index (κ1) is 59.2. The normalized spacial score (nSPS) is 12.7. The van der Waals surface area contributed by atoms with E-state index >= 15 is 0 Å². The molecule has 0 aromatic rings. The van der Waals surface area contributed by atoms with Crippen LogP contribution in [0.1, 0.15) is 239 Å². The fraction of sp³-hybridized carbons (Fsp3) is 0.792. The van der Waals surface area contributed by atoms with E-state index in [0.717, 1.165) is 88.5 Å². The number of aliphatic hydroxyl groups is 1. The van der Waals surface area contributed by atoms with Gasteiger partial charge in [0.05, 0.1) is 11.5 Å². The van der Waals surface area contributed by atoms with Crippen LogP contribution in [0.2, 0.25) is 0 Å². The summed E-state index contributed by atoms with van der Waals surface area (Å²) < 4.78 is 43.7. The molecule has 0 aromatic heterocycles. The van der Waals surface area contributed by atoms with Crippen LogP contribution in [-0.2, 0) is 38.6 Å². The second-order valence-corrected chi connectivity index (χ2v) is 16.9. The Morgan fingerprint density at radius 3 is 1.02 bits per heavy atom. The summed E-state index contributed by atoms with van der Waals surface area (Å²) in [4.78, 5) is 13.5. The molecule has 0 saturated carbocycles. The minimum absolute atomic E-state index is 0.00678. The molecule has 1 aliphatic rings. The Morgan fingerprint density at radius 2 is 0.768 bits per heavy atom. The fourth-order valence-electron chi connectivity index (χ4n) is 7.37. The molecule has 0 atom stereocenters. The van der Waals surface area contributed by atoms with Gasteiger partial charge in [0.15, 0.2) is 5.78 Å². The summed E-state index contributed by atoms with van der Waals surface area (Å²) in [5.41, 5.74) is 2.67. The molecular weight excluding hydrogens is 752 g/mol. The molecule has 0 amide bonds. The summed E-state index contributed by atoms with van der Waals surface area (Å²) in [6, 6.07) is 0. The molecular formula is C48H89O6STi. The van der Waals surface area contributed by atoms with E-state index in [1.807, 2.05) is 0 Å². The number of carbonyl (C=O) groups is 1. The molecule has 0 aromatic carbocycles. The van der Waals surface area contributed by atoms with Crippen molar-refractivity contribution in [3.05, 3.63) is 53.9 Å². The Kier molecular flexibility index (Phi) is 49.2. The molecule has 0 saturated heterocycles. The summed E-state index contributed by atoms with van der Waals surface area (Å²) in [6.45, 7) is 16.6. The van der Waals surface area contributed by atoms with Gasteiger partial charge in [-0.2, -0.15) is 8.42 Å². The molecule has 1 rings (SSSR count). The number of ketones is 1. The van der Waals surface area contributed by atoms with Crippen molar-refractivity contribution < 1.29 is 46.6 Å². The van der Waals surface area contributed by atoms with Gasteiger partial charge >= 0.3 is 23.7 Å². The van der Waals surface area contributed by atoms with Gasteiger partial charge in [-0.05, 0) is 55.2 Å². The number of hydrogen-bond acceptors (Lipinski definition) is 5. The quantitative estimate of drug-likeness (QED) is 0.0216. The van der Waals surface area contributed by atoms with Gasteiger partial charge in [0, 0.05) is 6.42 Å². The van der Waals surface area contributed by atoms with Crippen molar-refractivity contribution in [1.29, 1.82) is 0 Å². The molecule has 327 valence electrons. The van der Waals surface area contributed by atoms with Gasteiger partial charge in [-0.25, -0.2) is 19.6 Å². The number of aliphatic hydroxyl groups excluding tert-OH is 1. The molecule has 56 heavy (non-hydrogen) atoms. The summed E-state index contributed by atoms with van der Waals surface area (Å²) in [6.07, 6.45) is 42.3. The molecule has 0 bridgehead atoms. The standard InChI is InChI=1S/C42H78O4S.C3H6O.C3H5.O.Ti/c1-4-7-10-13-16-19-22-25-28-31-34-38-39(35-32-29-26-23-20-17-14-11-8-5-2)41(43)37-42(47(44,45)46)40(38)36-33-30-27-24-21-18-15-12-9-6-3;1-2-3-4;1-3-2;;/h4-37H2,1-3H3,(H,44,45,46);2,4H,1,3H2;3H,1-2H2;;/q;;-1;;+1. The number of carbonyl (C=O) groups excluding carboxylic acids is 1. The molecule has 0 unspecified atom stereocenters. The van der Waals surface area contributed by atoms with Crippen LogP contribution >= 0.6 is 0 Å². The van der Waals surface area contributed by atoms with Crippen LogP contribution in [0.5, 0.6) is 0 Å². The number of hydrogen-bond donors (Lipinski definition) is 2. The topological polar surface area (TPSA) is 109 Å². The number of rotatable bonds is 35. The zero-order chi connectivity index (χ0) is 42.5. The summed E-state index contributed by atoms with van der Waals surface area (Å²) in [7, 11) is -4.40. The van der Waals surface area contributed by atoms with Gasteiger partial charge in [0.1, 0.15) is 0 Å². The Balaban J connectivity index is -0.00000283. The molecule has 0 heterocycles. The zero-order valence-electron chi connectivity index (χ0n) is 37.0. The van der Waals surface area contributed by atoms with Crippen LogP contribution in [0.4, 0.5) is 0 Å². The van der Waals surface area contributed by atoms with Crippen molar-refractivity contribution in [2.24, 2.45) is 0 Å². The monoisotopic (exact) mass is 842 g/mol. The number of allylic oxidation sites excluding steroid dienone is 5. The first-order valence-electron chi connectivity index (χ1n) is 23.0. The summed E-state index contributed by atoms with van der Waals surface area (Å²) in [5, 5.41) is 7.76. The van der Waals surface area contributed by atoms with Crippen molar-refractivity contribution in [1.82, 2.24) is 0 Å². The molecule has 6 nitrogen and oxygen atoms in total. The van der Waals surface area contributed by atoms with Crippen molar-refractivity contribution in [3.8, 4) is 0 Å². The Labute approximate surface area is 360 Å². The molecule has 0 fully saturated rings. The van der Waals surface area contributed by atoms with Gasteiger partial charge < -0.3 is 5.11 Å². The van der Waals surface area contributed by atoms with Crippen LogP contribution < -0.4 is 0 Å². The van der Waals surface area contributed by atoms with E-state index < -0.39 is 10.1 Å². The molecule has 8 heteroatoms. The van der Waals surface area contributed by atoms with Crippen LogP contribution in [0, 0.1) is 6.92 Å². The number of unbranched alkanes of at least 4 members (excludes halogenated alkanes) is 27. The van der Waals surface area contributed by atoms with E-state index in [1.165, 1.54) is 166 Å². The van der Waals surface area contributed by atoms with Crippen LogP contribution in [0.15, 0.2) is 46.9 Å². The fourth-order valence-corrected chi connectivity index (χ4v) is 8.22. The Morgan fingerprint density at radius 1 is 0.536 bits per heavy atom. The molecule has 2 N–H and O–H groups in total. The van der Waals surface area contributed by atoms with Gasteiger partial charge in [-0.15, -0.1) is 6.58 Å². The third-order valence-corrected chi connectivity index (χ3v) is 11.5. The first-order valence-corrected chi connectivity index (χ1v) is 25.0. The van der Waals surface area contributed by atoms with Gasteiger partial charge in [-0.3, -0.25) is 9.35 Å². The second-order valence-electron chi connectivity index (χ2n) is 15.5. The van der Waals surface area contributed by atoms with E-state index in [2.05, 4.69) is 40.9 Å². The number of Topliss-reactive ketones (excluding diaryl/α,β-unsaturated/α-hetero) is 1. The van der Waals surface area contributed by atoms with Crippen LogP contribution in [-0.4, -0.2) is 30.5 Å². The second kappa shape index (κ2) is 46.6. The van der Waals surface area contributed by atoms with Gasteiger partial charge in [0.2, 0.25) is 0 Å². The van der Waals surface area contributed by atoms with Gasteiger partial charge in [-0.1, -0.05) is 200 Å².